The Hall–Kier alpha value is -2.65. The Morgan fingerprint density at radius 1 is 1.27 bits per heavy atom. The van der Waals surface area contributed by atoms with Gasteiger partial charge in [0.1, 0.15) is 11.6 Å². The SMILES string of the molecule is O=C(COc1ccc(Cl)c(F)c1)NC12CCC(NC(=O)c3ccno3)(CC1)C[C@@H]2O. The van der Waals surface area contributed by atoms with Crippen LogP contribution in [0.5, 0.6) is 5.75 Å². The number of hydrogen-bond acceptors (Lipinski definition) is 6. The summed E-state index contributed by atoms with van der Waals surface area (Å²) in [5.41, 5.74) is -1.32. The van der Waals surface area contributed by atoms with Crippen LogP contribution < -0.4 is 15.4 Å². The van der Waals surface area contributed by atoms with Crippen LogP contribution >= 0.6 is 11.6 Å². The van der Waals surface area contributed by atoms with Crippen LogP contribution in [0.2, 0.25) is 5.02 Å². The van der Waals surface area contributed by atoms with E-state index in [-0.39, 0.29) is 29.0 Å². The maximum atomic E-state index is 13.5. The van der Waals surface area contributed by atoms with E-state index >= 15 is 0 Å². The van der Waals surface area contributed by atoms with E-state index in [1.54, 1.807) is 0 Å². The number of fused-ring (bicyclic) bond motifs is 3. The number of rotatable bonds is 6. The summed E-state index contributed by atoms with van der Waals surface area (Å²) in [7, 11) is 0. The number of carbonyl (C=O) groups is 2. The lowest BCUT2D eigenvalue weighted by Crippen LogP contribution is -2.70. The Kier molecular flexibility index (Phi) is 5.42. The fraction of sp³-hybridized carbons (Fsp3) is 0.450. The first-order valence-electron chi connectivity index (χ1n) is 9.61. The quantitative estimate of drug-likeness (QED) is 0.638. The first-order valence-corrected chi connectivity index (χ1v) is 9.99. The Balaban J connectivity index is 1.34. The molecule has 0 aliphatic heterocycles. The lowest BCUT2D eigenvalue weighted by Gasteiger charge is -2.56. The second kappa shape index (κ2) is 7.88. The Morgan fingerprint density at radius 3 is 2.67 bits per heavy atom. The van der Waals surface area contributed by atoms with Crippen molar-refractivity contribution in [2.24, 2.45) is 0 Å². The highest BCUT2D eigenvalue weighted by molar-refractivity contribution is 6.30. The van der Waals surface area contributed by atoms with E-state index in [1.165, 1.54) is 24.4 Å². The van der Waals surface area contributed by atoms with Gasteiger partial charge >= 0.3 is 0 Å². The molecule has 160 valence electrons. The number of amides is 2. The zero-order valence-corrected chi connectivity index (χ0v) is 16.7. The molecule has 8 nitrogen and oxygen atoms in total. The van der Waals surface area contributed by atoms with Gasteiger partial charge < -0.3 is 25.0 Å². The molecule has 1 aromatic heterocycles. The number of aromatic nitrogens is 1. The molecule has 3 saturated carbocycles. The first kappa shape index (κ1) is 20.6. The van der Waals surface area contributed by atoms with Crippen molar-refractivity contribution in [1.82, 2.24) is 15.8 Å². The number of carbonyl (C=O) groups excluding carboxylic acids is 2. The third-order valence-electron chi connectivity index (χ3n) is 6.01. The van der Waals surface area contributed by atoms with Gasteiger partial charge in [0.15, 0.2) is 6.61 Å². The van der Waals surface area contributed by atoms with Crippen LogP contribution in [0.3, 0.4) is 0 Å². The zero-order valence-electron chi connectivity index (χ0n) is 16.0. The molecule has 1 heterocycles. The van der Waals surface area contributed by atoms with Crippen molar-refractivity contribution in [3.05, 3.63) is 47.1 Å². The summed E-state index contributed by atoms with van der Waals surface area (Å²) in [6.45, 7) is -0.317. The van der Waals surface area contributed by atoms with E-state index in [1.807, 2.05) is 0 Å². The molecule has 5 rings (SSSR count). The molecule has 0 saturated heterocycles. The van der Waals surface area contributed by atoms with Crippen LogP contribution in [-0.4, -0.2) is 45.9 Å². The molecule has 2 aromatic rings. The van der Waals surface area contributed by atoms with Crippen molar-refractivity contribution in [2.45, 2.75) is 49.3 Å². The minimum atomic E-state index is -0.827. The third kappa shape index (κ3) is 3.99. The lowest BCUT2D eigenvalue weighted by molar-refractivity contribution is -0.132. The molecule has 1 aromatic carbocycles. The molecule has 30 heavy (non-hydrogen) atoms. The van der Waals surface area contributed by atoms with Gasteiger partial charge in [0.2, 0.25) is 5.76 Å². The predicted molar refractivity (Wildman–Crippen MR) is 104 cm³/mol. The van der Waals surface area contributed by atoms with Gasteiger partial charge in [-0.1, -0.05) is 16.8 Å². The van der Waals surface area contributed by atoms with Gasteiger partial charge in [0.05, 0.1) is 22.9 Å². The van der Waals surface area contributed by atoms with Gasteiger partial charge in [0, 0.05) is 17.7 Å². The number of halogens is 2. The van der Waals surface area contributed by atoms with E-state index in [9.17, 15) is 19.1 Å². The molecule has 10 heteroatoms. The molecule has 3 N–H and O–H groups in total. The van der Waals surface area contributed by atoms with Crippen molar-refractivity contribution in [3.63, 3.8) is 0 Å². The number of ether oxygens (including phenoxy) is 1. The minimum Gasteiger partial charge on any atom is -0.484 e. The maximum absolute atomic E-state index is 13.5. The standard InChI is InChI=1S/C20H21ClFN3O5/c21-13-2-1-12(9-14(13)22)29-11-17(27)24-20-6-4-19(5-7-20,10-16(20)26)25-18(28)15-3-8-23-30-15/h1-3,8-9,16,26H,4-7,10-11H2,(H,24,27)(H,25,28)/t16-,19?,20?/m0/s1. The van der Waals surface area contributed by atoms with Crippen LogP contribution in [0, 0.1) is 5.82 Å². The van der Waals surface area contributed by atoms with Crippen LogP contribution in [0.25, 0.3) is 0 Å². The van der Waals surface area contributed by atoms with E-state index in [2.05, 4.69) is 15.8 Å². The normalized spacial score (nSPS) is 27.5. The largest absolute Gasteiger partial charge is 0.484 e. The summed E-state index contributed by atoms with van der Waals surface area (Å²) in [5, 5.41) is 20.1. The predicted octanol–water partition coefficient (Wildman–Crippen LogP) is 2.21. The van der Waals surface area contributed by atoms with Gasteiger partial charge in [-0.25, -0.2) is 4.39 Å². The number of benzene rings is 1. The molecule has 0 spiro atoms. The molecule has 3 aliphatic carbocycles. The van der Waals surface area contributed by atoms with Gasteiger partial charge in [-0.05, 0) is 44.2 Å². The summed E-state index contributed by atoms with van der Waals surface area (Å²) in [5.74, 6) is -1.12. The second-order valence-electron chi connectivity index (χ2n) is 7.90. The number of hydrogen-bond donors (Lipinski definition) is 3. The monoisotopic (exact) mass is 437 g/mol. The molecule has 0 radical (unpaired) electrons. The average molecular weight is 438 g/mol. The van der Waals surface area contributed by atoms with E-state index in [0.717, 1.165) is 6.07 Å². The summed E-state index contributed by atoms with van der Waals surface area (Å²) >= 11 is 5.63. The molecule has 0 unspecified atom stereocenters. The summed E-state index contributed by atoms with van der Waals surface area (Å²) in [6.07, 6.45) is 3.10. The summed E-state index contributed by atoms with van der Waals surface area (Å²) in [4.78, 5) is 24.8. The third-order valence-corrected chi connectivity index (χ3v) is 6.32. The number of aliphatic hydroxyl groups excluding tert-OH is 1. The zero-order chi connectivity index (χ0) is 21.4. The summed E-state index contributed by atoms with van der Waals surface area (Å²) < 4.78 is 23.7. The Bertz CT molecular complexity index is 944. The van der Waals surface area contributed by atoms with Crippen LogP contribution in [0.15, 0.2) is 35.0 Å². The highest BCUT2D eigenvalue weighted by Gasteiger charge is 2.55. The Morgan fingerprint density at radius 2 is 2.03 bits per heavy atom. The number of nitrogens with zero attached hydrogens (tertiary/aromatic N) is 1. The van der Waals surface area contributed by atoms with Gasteiger partial charge in [-0.2, -0.15) is 0 Å². The molecule has 1 atom stereocenters. The molecular weight excluding hydrogens is 417 g/mol. The van der Waals surface area contributed by atoms with E-state index in [4.69, 9.17) is 20.9 Å². The fourth-order valence-electron chi connectivity index (χ4n) is 4.33. The van der Waals surface area contributed by atoms with E-state index < -0.39 is 28.9 Å². The van der Waals surface area contributed by atoms with Crippen LogP contribution in [-0.2, 0) is 4.79 Å². The summed E-state index contributed by atoms with van der Waals surface area (Å²) in [6, 6.07) is 5.40. The highest BCUT2D eigenvalue weighted by Crippen LogP contribution is 2.47. The Labute approximate surface area is 176 Å². The lowest BCUT2D eigenvalue weighted by atomic mass is 9.60. The smallest absolute Gasteiger partial charge is 0.290 e. The fourth-order valence-corrected chi connectivity index (χ4v) is 4.44. The van der Waals surface area contributed by atoms with Gasteiger partial charge in [-0.15, -0.1) is 0 Å². The van der Waals surface area contributed by atoms with Gasteiger partial charge in [0.25, 0.3) is 11.8 Å². The molecule has 3 aliphatic rings. The van der Waals surface area contributed by atoms with Crippen molar-refractivity contribution < 1.29 is 28.3 Å². The highest BCUT2D eigenvalue weighted by atomic mass is 35.5. The topological polar surface area (TPSA) is 114 Å². The number of aliphatic hydroxyl groups is 1. The molecule has 2 bridgehead atoms. The molecule has 2 amide bonds. The second-order valence-corrected chi connectivity index (χ2v) is 8.31. The van der Waals surface area contributed by atoms with Crippen LogP contribution in [0.1, 0.15) is 42.7 Å². The average Bonchev–Trinajstić information content (AvgIpc) is 3.25. The maximum Gasteiger partial charge on any atom is 0.290 e. The van der Waals surface area contributed by atoms with Crippen molar-refractivity contribution in [1.29, 1.82) is 0 Å². The number of nitrogens with one attached hydrogen (secondary N) is 2. The molecular formula is C20H21ClFN3O5. The van der Waals surface area contributed by atoms with Crippen molar-refractivity contribution in [3.8, 4) is 5.75 Å². The van der Waals surface area contributed by atoms with Gasteiger partial charge in [-0.3, -0.25) is 9.59 Å². The van der Waals surface area contributed by atoms with Crippen LogP contribution in [0.4, 0.5) is 4.39 Å². The van der Waals surface area contributed by atoms with E-state index in [0.29, 0.717) is 32.1 Å². The van der Waals surface area contributed by atoms with Crippen molar-refractivity contribution >= 4 is 23.4 Å². The minimum absolute atomic E-state index is 0.0305. The first-order chi connectivity index (χ1) is 14.3. The molecule has 3 fully saturated rings. The van der Waals surface area contributed by atoms with Crippen molar-refractivity contribution in [2.75, 3.05) is 6.61 Å².